The molecule has 2 heterocycles. The van der Waals surface area contributed by atoms with Gasteiger partial charge in [0.1, 0.15) is 0 Å². The normalized spacial score (nSPS) is 17.4. The molecule has 126 valence electrons. The third kappa shape index (κ3) is 3.79. The van der Waals surface area contributed by atoms with Crippen LogP contribution >= 0.6 is 0 Å². The lowest BCUT2D eigenvalue weighted by Gasteiger charge is -2.22. The van der Waals surface area contributed by atoms with Gasteiger partial charge < -0.3 is 19.9 Å². The zero-order chi connectivity index (χ0) is 16.9. The number of ether oxygens (including phenoxy) is 2. The number of carbonyl (C=O) groups excluding carboxylic acids is 1. The van der Waals surface area contributed by atoms with Crippen molar-refractivity contribution in [2.24, 2.45) is 0 Å². The van der Waals surface area contributed by atoms with E-state index in [0.29, 0.717) is 25.4 Å². The smallest absolute Gasteiger partial charge is 0.356 e. The van der Waals surface area contributed by atoms with Crippen LogP contribution in [0.1, 0.15) is 16.1 Å². The highest BCUT2D eigenvalue weighted by Crippen LogP contribution is 2.11. The summed E-state index contributed by atoms with van der Waals surface area (Å²) in [7, 11) is 0. The number of amides is 1. The lowest BCUT2D eigenvalue weighted by molar-refractivity contribution is -0.147. The summed E-state index contributed by atoms with van der Waals surface area (Å²) in [6.45, 7) is 1.52. The van der Waals surface area contributed by atoms with Gasteiger partial charge in [0.2, 0.25) is 0 Å². The Balaban J connectivity index is 1.64. The summed E-state index contributed by atoms with van der Waals surface area (Å²) in [4.78, 5) is 22.9. The van der Waals surface area contributed by atoms with Gasteiger partial charge in [-0.05, 0) is 23.8 Å². The van der Waals surface area contributed by atoms with Gasteiger partial charge in [-0.15, -0.1) is 0 Å². The molecule has 0 spiro atoms. The van der Waals surface area contributed by atoms with Crippen LogP contribution in [0.25, 0.3) is 5.69 Å². The number of hydrogen-bond donors (Lipinski definition) is 2. The van der Waals surface area contributed by atoms with Crippen LogP contribution in [-0.2, 0) is 20.8 Å². The highest BCUT2D eigenvalue weighted by Gasteiger charge is 2.22. The second kappa shape index (κ2) is 7.24. The lowest BCUT2D eigenvalue weighted by atomic mass is 10.2. The molecule has 1 aromatic carbocycles. The Bertz CT molecular complexity index is 737. The Kier molecular flexibility index (Phi) is 4.88. The minimum Gasteiger partial charge on any atom is -0.476 e. The van der Waals surface area contributed by atoms with E-state index in [9.17, 15) is 9.59 Å². The number of carboxylic acids is 1. The molecule has 1 atom stereocenters. The summed E-state index contributed by atoms with van der Waals surface area (Å²) >= 11 is 0. The molecule has 1 aromatic heterocycles. The first kappa shape index (κ1) is 16.2. The predicted molar refractivity (Wildman–Crippen MR) is 82.9 cm³/mol. The number of nitrogens with one attached hydrogen (secondary N) is 1. The van der Waals surface area contributed by atoms with Crippen molar-refractivity contribution in [1.82, 2.24) is 15.1 Å². The predicted octanol–water partition coefficient (Wildman–Crippen LogP) is 0.602. The fourth-order valence-corrected chi connectivity index (χ4v) is 2.33. The van der Waals surface area contributed by atoms with Gasteiger partial charge in [-0.25, -0.2) is 9.48 Å². The maximum atomic E-state index is 12.0. The van der Waals surface area contributed by atoms with E-state index in [0.717, 1.165) is 5.56 Å². The molecule has 1 unspecified atom stereocenters. The Morgan fingerprint density at radius 2 is 2.21 bits per heavy atom. The van der Waals surface area contributed by atoms with Crippen molar-refractivity contribution < 1.29 is 24.2 Å². The zero-order valence-electron chi connectivity index (χ0n) is 12.8. The van der Waals surface area contributed by atoms with Crippen molar-refractivity contribution in [2.45, 2.75) is 12.6 Å². The molecule has 0 aliphatic carbocycles. The molecule has 8 heteroatoms. The molecule has 0 bridgehead atoms. The fourth-order valence-electron chi connectivity index (χ4n) is 2.33. The third-order valence-electron chi connectivity index (χ3n) is 3.56. The van der Waals surface area contributed by atoms with Gasteiger partial charge in [0, 0.05) is 12.7 Å². The maximum absolute atomic E-state index is 12.0. The largest absolute Gasteiger partial charge is 0.476 e. The second-order valence-electron chi connectivity index (χ2n) is 5.27. The van der Waals surface area contributed by atoms with E-state index in [2.05, 4.69) is 10.4 Å². The van der Waals surface area contributed by atoms with E-state index in [1.165, 1.54) is 10.7 Å². The monoisotopic (exact) mass is 331 g/mol. The first-order chi connectivity index (χ1) is 11.6. The molecule has 1 aliphatic rings. The molecule has 1 saturated heterocycles. The van der Waals surface area contributed by atoms with Crippen molar-refractivity contribution >= 4 is 11.9 Å². The minimum absolute atomic E-state index is 0.0249. The number of benzene rings is 1. The average molecular weight is 331 g/mol. The Labute approximate surface area is 138 Å². The second-order valence-corrected chi connectivity index (χ2v) is 5.27. The number of rotatable bonds is 5. The summed E-state index contributed by atoms with van der Waals surface area (Å²) in [5.41, 5.74) is 1.56. The molecule has 2 N–H and O–H groups in total. The van der Waals surface area contributed by atoms with Crippen molar-refractivity contribution in [1.29, 1.82) is 0 Å². The summed E-state index contributed by atoms with van der Waals surface area (Å²) in [6, 6.07) is 8.75. The fraction of sp³-hybridized carbons (Fsp3) is 0.312. The van der Waals surface area contributed by atoms with Gasteiger partial charge >= 0.3 is 5.97 Å². The molecule has 1 aliphatic heterocycles. The average Bonchev–Trinajstić information content (AvgIpc) is 3.11. The van der Waals surface area contributed by atoms with E-state index in [-0.39, 0.29) is 18.2 Å². The van der Waals surface area contributed by atoms with Crippen LogP contribution in [0.15, 0.2) is 36.5 Å². The van der Waals surface area contributed by atoms with Crippen LogP contribution in [-0.4, -0.2) is 52.7 Å². The van der Waals surface area contributed by atoms with Gasteiger partial charge in [0.05, 0.1) is 25.5 Å². The molecular weight excluding hydrogens is 314 g/mol. The molecule has 3 rings (SSSR count). The Morgan fingerprint density at radius 3 is 2.92 bits per heavy atom. The molecular formula is C16H17N3O5. The van der Waals surface area contributed by atoms with Gasteiger partial charge in [-0.3, -0.25) is 4.79 Å². The molecule has 0 saturated carbocycles. The SMILES string of the molecule is O=C(O)c1ccn(-c2cccc(CNC(=O)C3COCCO3)c2)n1. The van der Waals surface area contributed by atoms with Crippen LogP contribution in [0.2, 0.25) is 0 Å². The van der Waals surface area contributed by atoms with Crippen molar-refractivity contribution in [3.63, 3.8) is 0 Å². The topological polar surface area (TPSA) is 103 Å². The van der Waals surface area contributed by atoms with E-state index < -0.39 is 12.1 Å². The Morgan fingerprint density at radius 1 is 1.33 bits per heavy atom. The summed E-state index contributed by atoms with van der Waals surface area (Å²) in [5.74, 6) is -1.29. The molecule has 24 heavy (non-hydrogen) atoms. The summed E-state index contributed by atoms with van der Waals surface area (Å²) in [6.07, 6.45) is 1.00. The Hall–Kier alpha value is -2.71. The number of hydrogen-bond acceptors (Lipinski definition) is 5. The van der Waals surface area contributed by atoms with Crippen molar-refractivity contribution in [2.75, 3.05) is 19.8 Å². The molecule has 8 nitrogen and oxygen atoms in total. The molecule has 0 radical (unpaired) electrons. The van der Waals surface area contributed by atoms with Gasteiger partial charge in [-0.2, -0.15) is 5.10 Å². The first-order valence-electron chi connectivity index (χ1n) is 7.49. The van der Waals surface area contributed by atoms with Crippen LogP contribution in [0.4, 0.5) is 0 Å². The van der Waals surface area contributed by atoms with Crippen molar-refractivity contribution in [3.8, 4) is 5.69 Å². The maximum Gasteiger partial charge on any atom is 0.356 e. The number of nitrogens with zero attached hydrogens (tertiary/aromatic N) is 2. The van der Waals surface area contributed by atoms with E-state index in [4.69, 9.17) is 14.6 Å². The molecule has 1 amide bonds. The number of aromatic nitrogens is 2. The lowest BCUT2D eigenvalue weighted by Crippen LogP contribution is -2.42. The number of aromatic carboxylic acids is 1. The zero-order valence-corrected chi connectivity index (χ0v) is 12.8. The van der Waals surface area contributed by atoms with Crippen LogP contribution in [0.3, 0.4) is 0 Å². The highest BCUT2D eigenvalue weighted by molar-refractivity contribution is 5.85. The number of carbonyl (C=O) groups is 2. The van der Waals surface area contributed by atoms with E-state index >= 15 is 0 Å². The third-order valence-corrected chi connectivity index (χ3v) is 3.56. The van der Waals surface area contributed by atoms with Gasteiger partial charge in [0.25, 0.3) is 5.91 Å². The van der Waals surface area contributed by atoms with Gasteiger partial charge in [-0.1, -0.05) is 12.1 Å². The van der Waals surface area contributed by atoms with Crippen molar-refractivity contribution in [3.05, 3.63) is 47.8 Å². The first-order valence-corrected chi connectivity index (χ1v) is 7.49. The van der Waals surface area contributed by atoms with Crippen LogP contribution in [0.5, 0.6) is 0 Å². The van der Waals surface area contributed by atoms with E-state index in [1.54, 1.807) is 6.20 Å². The highest BCUT2D eigenvalue weighted by atomic mass is 16.6. The molecule has 1 fully saturated rings. The summed E-state index contributed by atoms with van der Waals surface area (Å²) < 4.78 is 12.0. The quantitative estimate of drug-likeness (QED) is 0.832. The molecule has 2 aromatic rings. The van der Waals surface area contributed by atoms with Crippen LogP contribution < -0.4 is 5.32 Å². The standard InChI is InChI=1S/C16H17N3O5/c20-15(14-10-23-6-7-24-14)17-9-11-2-1-3-12(8-11)19-5-4-13(18-19)16(21)22/h1-5,8,14H,6-7,9-10H2,(H,17,20)(H,21,22). The number of carboxylic acid groups (broad SMARTS) is 1. The summed E-state index contributed by atoms with van der Waals surface area (Å²) in [5, 5.41) is 15.7. The van der Waals surface area contributed by atoms with Crippen LogP contribution in [0, 0.1) is 0 Å². The minimum atomic E-state index is -1.08. The van der Waals surface area contributed by atoms with Gasteiger partial charge in [0.15, 0.2) is 11.8 Å². The van der Waals surface area contributed by atoms with E-state index in [1.807, 2.05) is 24.3 Å².